The van der Waals surface area contributed by atoms with E-state index in [1.165, 1.54) is 0 Å². The average Bonchev–Trinajstić information content (AvgIpc) is 2.23. The molecule has 1 amide bonds. The lowest BCUT2D eigenvalue weighted by Gasteiger charge is -2.38. The molecule has 0 bridgehead atoms. The molecule has 86 valence electrons. The maximum Gasteiger partial charge on any atom is 0.407 e. The zero-order valence-electron chi connectivity index (χ0n) is 9.36. The molecule has 16 heavy (non-hydrogen) atoms. The van der Waals surface area contributed by atoms with E-state index < -0.39 is 6.09 Å². The summed E-state index contributed by atoms with van der Waals surface area (Å²) in [5, 5.41) is 12.0. The fourth-order valence-electron chi connectivity index (χ4n) is 1.89. The number of phenols is 1. The minimum Gasteiger partial charge on any atom is -0.508 e. The van der Waals surface area contributed by atoms with Crippen LogP contribution in [-0.4, -0.2) is 17.8 Å². The van der Waals surface area contributed by atoms with Gasteiger partial charge in [-0.2, -0.15) is 0 Å². The summed E-state index contributed by atoms with van der Waals surface area (Å²) in [5.41, 5.74) is 0.810. The number of aromatic hydroxyl groups is 1. The van der Waals surface area contributed by atoms with Gasteiger partial charge in [0.2, 0.25) is 0 Å². The summed E-state index contributed by atoms with van der Waals surface area (Å²) in [6, 6.07) is 6.77. The standard InChI is InChI=1S/C12H15NO3/c1-12(2)7-16-11(15)13-10(12)8-3-5-9(14)6-4-8/h3-6,10,14H,7H2,1-2H3,(H,13,15)/t10-/m0/s1. The Balaban J connectivity index is 2.30. The highest BCUT2D eigenvalue weighted by Gasteiger charge is 2.37. The first-order chi connectivity index (χ1) is 7.49. The van der Waals surface area contributed by atoms with Gasteiger partial charge in [-0.05, 0) is 17.7 Å². The smallest absolute Gasteiger partial charge is 0.407 e. The van der Waals surface area contributed by atoms with Gasteiger partial charge in [0.25, 0.3) is 0 Å². The fourth-order valence-corrected chi connectivity index (χ4v) is 1.89. The number of ether oxygens (including phenoxy) is 1. The Morgan fingerprint density at radius 2 is 2.00 bits per heavy atom. The lowest BCUT2D eigenvalue weighted by molar-refractivity contribution is 0.0387. The molecule has 1 aromatic rings. The van der Waals surface area contributed by atoms with Gasteiger partial charge in [-0.1, -0.05) is 26.0 Å². The number of hydrogen-bond donors (Lipinski definition) is 2. The number of nitrogens with one attached hydrogen (secondary N) is 1. The maximum atomic E-state index is 11.2. The number of rotatable bonds is 1. The first kappa shape index (κ1) is 10.8. The van der Waals surface area contributed by atoms with Crippen LogP contribution in [0.3, 0.4) is 0 Å². The summed E-state index contributed by atoms with van der Waals surface area (Å²) in [6.07, 6.45) is -0.391. The zero-order valence-corrected chi connectivity index (χ0v) is 9.36. The summed E-state index contributed by atoms with van der Waals surface area (Å²) < 4.78 is 4.97. The van der Waals surface area contributed by atoms with E-state index in [-0.39, 0.29) is 17.2 Å². The molecule has 4 nitrogen and oxygen atoms in total. The van der Waals surface area contributed by atoms with Crippen LogP contribution in [0.25, 0.3) is 0 Å². The molecule has 0 aromatic heterocycles. The quantitative estimate of drug-likeness (QED) is 0.764. The number of hydrogen-bond acceptors (Lipinski definition) is 3. The maximum absolute atomic E-state index is 11.2. The number of phenolic OH excluding ortho intramolecular Hbond substituents is 1. The molecule has 1 heterocycles. The van der Waals surface area contributed by atoms with Crippen LogP contribution in [0.15, 0.2) is 24.3 Å². The zero-order chi connectivity index (χ0) is 11.8. The Kier molecular flexibility index (Phi) is 2.50. The Morgan fingerprint density at radius 3 is 2.62 bits per heavy atom. The molecule has 1 aliphatic rings. The van der Waals surface area contributed by atoms with E-state index in [9.17, 15) is 9.90 Å². The minimum absolute atomic E-state index is 0.0886. The van der Waals surface area contributed by atoms with E-state index in [1.54, 1.807) is 12.1 Å². The van der Waals surface area contributed by atoms with Gasteiger partial charge in [-0.25, -0.2) is 4.79 Å². The molecule has 1 aromatic carbocycles. The predicted octanol–water partition coefficient (Wildman–Crippen LogP) is 2.20. The molecule has 0 spiro atoms. The van der Waals surface area contributed by atoms with Crippen LogP contribution < -0.4 is 5.32 Å². The normalized spacial score (nSPS) is 23.4. The molecular formula is C12H15NO3. The van der Waals surface area contributed by atoms with Crippen molar-refractivity contribution in [3.63, 3.8) is 0 Å². The highest BCUT2D eigenvalue weighted by Crippen LogP contribution is 2.36. The van der Waals surface area contributed by atoms with Crippen LogP contribution in [0, 0.1) is 5.41 Å². The Bertz CT molecular complexity index is 397. The molecule has 2 rings (SSSR count). The molecule has 0 aliphatic carbocycles. The third-order valence-electron chi connectivity index (χ3n) is 2.85. The van der Waals surface area contributed by atoms with Crippen molar-refractivity contribution in [1.29, 1.82) is 0 Å². The lowest BCUT2D eigenvalue weighted by atomic mass is 9.80. The van der Waals surface area contributed by atoms with Crippen molar-refractivity contribution < 1.29 is 14.6 Å². The van der Waals surface area contributed by atoms with Gasteiger partial charge in [-0.3, -0.25) is 0 Å². The number of carbonyl (C=O) groups excluding carboxylic acids is 1. The van der Waals surface area contributed by atoms with Crippen LogP contribution >= 0.6 is 0 Å². The summed E-state index contributed by atoms with van der Waals surface area (Å²) in [6.45, 7) is 4.46. The van der Waals surface area contributed by atoms with E-state index in [4.69, 9.17) is 4.74 Å². The molecule has 0 saturated carbocycles. The van der Waals surface area contributed by atoms with Gasteiger partial charge >= 0.3 is 6.09 Å². The van der Waals surface area contributed by atoms with Crippen molar-refractivity contribution in [2.24, 2.45) is 5.41 Å². The molecule has 0 unspecified atom stereocenters. The Labute approximate surface area is 94.2 Å². The summed E-state index contributed by atoms with van der Waals surface area (Å²) >= 11 is 0. The van der Waals surface area contributed by atoms with Crippen molar-refractivity contribution in [3.05, 3.63) is 29.8 Å². The lowest BCUT2D eigenvalue weighted by Crippen LogP contribution is -2.46. The topological polar surface area (TPSA) is 58.6 Å². The van der Waals surface area contributed by atoms with Crippen LogP contribution in [0.1, 0.15) is 25.5 Å². The van der Waals surface area contributed by atoms with E-state index in [1.807, 2.05) is 26.0 Å². The number of cyclic esters (lactones) is 1. The van der Waals surface area contributed by atoms with E-state index in [0.29, 0.717) is 6.61 Å². The fraction of sp³-hybridized carbons (Fsp3) is 0.417. The van der Waals surface area contributed by atoms with Crippen LogP contribution in [0.5, 0.6) is 5.75 Å². The summed E-state index contributed by atoms with van der Waals surface area (Å²) in [4.78, 5) is 11.2. The van der Waals surface area contributed by atoms with Crippen molar-refractivity contribution in [3.8, 4) is 5.75 Å². The Hall–Kier alpha value is -1.71. The van der Waals surface area contributed by atoms with Gasteiger partial charge in [0.15, 0.2) is 0 Å². The third-order valence-corrected chi connectivity index (χ3v) is 2.85. The molecule has 0 radical (unpaired) electrons. The number of carbonyl (C=O) groups is 1. The van der Waals surface area contributed by atoms with Gasteiger partial charge in [0, 0.05) is 5.41 Å². The molecule has 1 saturated heterocycles. The molecule has 2 N–H and O–H groups in total. The molecule has 1 aliphatic heterocycles. The van der Waals surface area contributed by atoms with E-state index in [0.717, 1.165) is 5.56 Å². The largest absolute Gasteiger partial charge is 0.508 e. The summed E-state index contributed by atoms with van der Waals surface area (Å²) in [5.74, 6) is 0.222. The predicted molar refractivity (Wildman–Crippen MR) is 59.1 cm³/mol. The number of alkyl carbamates (subject to hydrolysis) is 1. The highest BCUT2D eigenvalue weighted by atomic mass is 16.6. The molecule has 1 fully saturated rings. The second kappa shape index (κ2) is 3.70. The van der Waals surface area contributed by atoms with Crippen molar-refractivity contribution in [2.75, 3.05) is 6.61 Å². The minimum atomic E-state index is -0.391. The Morgan fingerprint density at radius 1 is 1.38 bits per heavy atom. The molecule has 4 heteroatoms. The second-order valence-electron chi connectivity index (χ2n) is 4.73. The molecular weight excluding hydrogens is 206 g/mol. The van der Waals surface area contributed by atoms with E-state index in [2.05, 4.69) is 5.32 Å². The van der Waals surface area contributed by atoms with Gasteiger partial charge in [-0.15, -0.1) is 0 Å². The second-order valence-corrected chi connectivity index (χ2v) is 4.73. The van der Waals surface area contributed by atoms with Crippen LogP contribution in [0.4, 0.5) is 4.79 Å². The monoisotopic (exact) mass is 221 g/mol. The van der Waals surface area contributed by atoms with Gasteiger partial charge in [0.1, 0.15) is 12.4 Å². The van der Waals surface area contributed by atoms with Crippen molar-refractivity contribution in [1.82, 2.24) is 5.32 Å². The number of amides is 1. The van der Waals surface area contributed by atoms with Crippen molar-refractivity contribution in [2.45, 2.75) is 19.9 Å². The SMILES string of the molecule is CC1(C)COC(=O)N[C@H]1c1ccc(O)cc1. The third kappa shape index (κ3) is 1.96. The highest BCUT2D eigenvalue weighted by molar-refractivity contribution is 5.69. The molecule has 1 atom stereocenters. The summed E-state index contributed by atoms with van der Waals surface area (Å²) in [7, 11) is 0. The van der Waals surface area contributed by atoms with Gasteiger partial charge in [0.05, 0.1) is 6.04 Å². The average molecular weight is 221 g/mol. The van der Waals surface area contributed by atoms with Gasteiger partial charge < -0.3 is 15.2 Å². The number of benzene rings is 1. The first-order valence-electron chi connectivity index (χ1n) is 5.21. The van der Waals surface area contributed by atoms with E-state index >= 15 is 0 Å². The van der Waals surface area contributed by atoms with Crippen molar-refractivity contribution >= 4 is 6.09 Å². The van der Waals surface area contributed by atoms with Crippen LogP contribution in [-0.2, 0) is 4.74 Å². The van der Waals surface area contributed by atoms with Crippen LogP contribution in [0.2, 0.25) is 0 Å². The first-order valence-corrected chi connectivity index (χ1v) is 5.21.